The molecule has 1 heterocycles. The Balaban J connectivity index is 2.03. The second kappa shape index (κ2) is 4.94. The lowest BCUT2D eigenvalue weighted by Gasteiger charge is -2.14. The van der Waals surface area contributed by atoms with Crippen molar-refractivity contribution in [2.75, 3.05) is 18.5 Å². The molecule has 2 aromatic rings. The molecule has 86 valence electrons. The summed E-state index contributed by atoms with van der Waals surface area (Å²) >= 11 is 0. The Kier molecular flexibility index (Phi) is 3.36. The van der Waals surface area contributed by atoms with Gasteiger partial charge >= 0.3 is 0 Å². The van der Waals surface area contributed by atoms with Crippen molar-refractivity contribution in [3.63, 3.8) is 0 Å². The molecule has 2 rings (SSSR count). The monoisotopic (exact) mass is 220 g/mol. The van der Waals surface area contributed by atoms with Gasteiger partial charge in [0.25, 0.3) is 0 Å². The number of nitrogens with zero attached hydrogens (tertiary/aromatic N) is 2. The maximum absolute atomic E-state index is 5.34. The van der Waals surface area contributed by atoms with Crippen molar-refractivity contribution >= 4 is 16.7 Å². The van der Waals surface area contributed by atoms with E-state index in [9.17, 15) is 0 Å². The van der Waals surface area contributed by atoms with Crippen molar-refractivity contribution in [2.45, 2.75) is 19.9 Å². The summed E-state index contributed by atoms with van der Waals surface area (Å²) < 4.78 is 5.34. The number of benzene rings is 1. The van der Waals surface area contributed by atoms with Gasteiger partial charge in [0.2, 0.25) is 0 Å². The molecule has 0 amide bonds. The maximum Gasteiger partial charge on any atom is 0.115 e. The highest BCUT2D eigenvalue weighted by Crippen LogP contribution is 2.15. The highest BCUT2D eigenvalue weighted by Gasteiger charge is 2.03. The van der Waals surface area contributed by atoms with Gasteiger partial charge in [-0.25, -0.2) is 0 Å². The average molecular weight is 220 g/mol. The molecule has 0 fully saturated rings. The number of anilines is 1. The van der Waals surface area contributed by atoms with Crippen LogP contribution in [0.3, 0.4) is 0 Å². The summed E-state index contributed by atoms with van der Waals surface area (Å²) in [6.45, 7) is 5.53. The maximum atomic E-state index is 5.34. The second-order valence-corrected chi connectivity index (χ2v) is 3.73. The Morgan fingerprint density at radius 2 is 2.19 bits per heavy atom. The number of hydrogen-bond donors (Lipinski definition) is 2. The van der Waals surface area contributed by atoms with Crippen LogP contribution in [0.15, 0.2) is 18.2 Å². The lowest BCUT2D eigenvalue weighted by Crippen LogP contribution is -2.21. The third-order valence-corrected chi connectivity index (χ3v) is 2.30. The molecule has 0 aliphatic carbocycles. The highest BCUT2D eigenvalue weighted by atomic mass is 16.5. The molecule has 5 heteroatoms. The molecule has 1 aromatic heterocycles. The van der Waals surface area contributed by atoms with Crippen LogP contribution in [-0.2, 0) is 4.74 Å². The first-order valence-corrected chi connectivity index (χ1v) is 5.44. The largest absolute Gasteiger partial charge is 0.380 e. The van der Waals surface area contributed by atoms with Crippen LogP contribution >= 0.6 is 0 Å². The highest BCUT2D eigenvalue weighted by molar-refractivity contribution is 5.77. The zero-order valence-corrected chi connectivity index (χ0v) is 9.53. The zero-order chi connectivity index (χ0) is 11.4. The minimum Gasteiger partial charge on any atom is -0.380 e. The van der Waals surface area contributed by atoms with Gasteiger partial charge < -0.3 is 10.1 Å². The van der Waals surface area contributed by atoms with E-state index in [4.69, 9.17) is 4.74 Å². The quantitative estimate of drug-likeness (QED) is 0.806. The standard InChI is InChI=1S/C11H16N4O/c1-3-16-7-8(2)12-9-4-5-10-11(6-9)14-15-13-10/h4-6,8,12H,3,7H2,1-2H3,(H,13,14,15). The average Bonchev–Trinajstić information content (AvgIpc) is 2.73. The van der Waals surface area contributed by atoms with E-state index in [0.29, 0.717) is 6.61 Å². The molecule has 0 saturated heterocycles. The van der Waals surface area contributed by atoms with Gasteiger partial charge in [0.15, 0.2) is 0 Å². The van der Waals surface area contributed by atoms with E-state index in [1.165, 1.54) is 0 Å². The number of fused-ring (bicyclic) bond motifs is 1. The SMILES string of the molecule is CCOCC(C)Nc1ccc2n[nH]nc2c1. The molecule has 1 atom stereocenters. The third-order valence-electron chi connectivity index (χ3n) is 2.30. The summed E-state index contributed by atoms with van der Waals surface area (Å²) in [5.41, 5.74) is 2.78. The Bertz CT molecular complexity index is 454. The van der Waals surface area contributed by atoms with E-state index >= 15 is 0 Å². The number of hydrogen-bond acceptors (Lipinski definition) is 4. The molecule has 0 radical (unpaired) electrons. The zero-order valence-electron chi connectivity index (χ0n) is 9.53. The first-order chi connectivity index (χ1) is 7.79. The van der Waals surface area contributed by atoms with Crippen LogP contribution in [-0.4, -0.2) is 34.7 Å². The Morgan fingerprint density at radius 3 is 3.00 bits per heavy atom. The number of aromatic nitrogens is 3. The predicted octanol–water partition coefficient (Wildman–Crippen LogP) is 1.79. The van der Waals surface area contributed by atoms with Crippen LogP contribution in [0.2, 0.25) is 0 Å². The van der Waals surface area contributed by atoms with Gasteiger partial charge in [0.1, 0.15) is 11.0 Å². The fraction of sp³-hybridized carbons (Fsp3) is 0.455. The first kappa shape index (κ1) is 10.9. The van der Waals surface area contributed by atoms with E-state index in [1.807, 2.05) is 25.1 Å². The van der Waals surface area contributed by atoms with Gasteiger partial charge in [-0.3, -0.25) is 0 Å². The van der Waals surface area contributed by atoms with Gasteiger partial charge in [-0.1, -0.05) is 0 Å². The molecule has 0 spiro atoms. The molecule has 1 aromatic carbocycles. The molecular formula is C11H16N4O. The van der Waals surface area contributed by atoms with E-state index < -0.39 is 0 Å². The Morgan fingerprint density at radius 1 is 1.38 bits per heavy atom. The minimum absolute atomic E-state index is 0.282. The summed E-state index contributed by atoms with van der Waals surface area (Å²) in [6, 6.07) is 6.19. The first-order valence-electron chi connectivity index (χ1n) is 5.44. The predicted molar refractivity (Wildman–Crippen MR) is 63.5 cm³/mol. The molecule has 16 heavy (non-hydrogen) atoms. The number of rotatable bonds is 5. The van der Waals surface area contributed by atoms with Crippen molar-refractivity contribution in [2.24, 2.45) is 0 Å². The molecule has 5 nitrogen and oxygen atoms in total. The summed E-state index contributed by atoms with van der Waals surface area (Å²) in [5.74, 6) is 0. The van der Waals surface area contributed by atoms with Gasteiger partial charge in [-0.15, -0.1) is 0 Å². The van der Waals surface area contributed by atoms with Crippen molar-refractivity contribution in [3.8, 4) is 0 Å². The van der Waals surface area contributed by atoms with Gasteiger partial charge in [0.05, 0.1) is 6.61 Å². The van der Waals surface area contributed by atoms with E-state index in [-0.39, 0.29) is 6.04 Å². The Labute approximate surface area is 94.2 Å². The Hall–Kier alpha value is -1.62. The van der Waals surface area contributed by atoms with Crippen molar-refractivity contribution in [1.82, 2.24) is 15.4 Å². The smallest absolute Gasteiger partial charge is 0.115 e. The van der Waals surface area contributed by atoms with Crippen LogP contribution in [0.4, 0.5) is 5.69 Å². The van der Waals surface area contributed by atoms with Crippen LogP contribution in [0.25, 0.3) is 11.0 Å². The second-order valence-electron chi connectivity index (χ2n) is 3.73. The summed E-state index contributed by atoms with van der Waals surface area (Å²) in [6.07, 6.45) is 0. The fourth-order valence-electron chi connectivity index (χ4n) is 1.55. The molecule has 0 aliphatic heterocycles. The van der Waals surface area contributed by atoms with Crippen LogP contribution in [0.5, 0.6) is 0 Å². The summed E-state index contributed by atoms with van der Waals surface area (Å²) in [4.78, 5) is 0. The van der Waals surface area contributed by atoms with Gasteiger partial charge in [-0.05, 0) is 32.0 Å². The van der Waals surface area contributed by atoms with Gasteiger partial charge in [-0.2, -0.15) is 15.4 Å². The molecule has 0 aliphatic rings. The van der Waals surface area contributed by atoms with Crippen molar-refractivity contribution in [3.05, 3.63) is 18.2 Å². The summed E-state index contributed by atoms with van der Waals surface area (Å²) in [5, 5.41) is 14.0. The molecule has 2 N–H and O–H groups in total. The number of nitrogens with one attached hydrogen (secondary N) is 2. The third kappa shape index (κ3) is 2.49. The molecule has 0 bridgehead atoms. The number of aromatic amines is 1. The van der Waals surface area contributed by atoms with Gasteiger partial charge in [0, 0.05) is 18.3 Å². The van der Waals surface area contributed by atoms with E-state index in [2.05, 4.69) is 27.7 Å². The van der Waals surface area contributed by atoms with Crippen molar-refractivity contribution < 1.29 is 4.74 Å². The molecular weight excluding hydrogens is 204 g/mol. The van der Waals surface area contributed by atoms with E-state index in [0.717, 1.165) is 23.3 Å². The van der Waals surface area contributed by atoms with E-state index in [1.54, 1.807) is 0 Å². The lowest BCUT2D eigenvalue weighted by atomic mass is 10.2. The number of ether oxygens (including phenoxy) is 1. The van der Waals surface area contributed by atoms with Crippen LogP contribution in [0, 0.1) is 0 Å². The fourth-order valence-corrected chi connectivity index (χ4v) is 1.55. The summed E-state index contributed by atoms with van der Waals surface area (Å²) in [7, 11) is 0. The van der Waals surface area contributed by atoms with Crippen molar-refractivity contribution in [1.29, 1.82) is 0 Å². The lowest BCUT2D eigenvalue weighted by molar-refractivity contribution is 0.141. The molecule has 0 saturated carbocycles. The van der Waals surface area contributed by atoms with Crippen LogP contribution < -0.4 is 5.32 Å². The topological polar surface area (TPSA) is 62.8 Å². The minimum atomic E-state index is 0.282. The van der Waals surface area contributed by atoms with Crippen LogP contribution in [0.1, 0.15) is 13.8 Å². The normalized spacial score (nSPS) is 12.9. The molecule has 1 unspecified atom stereocenters. The number of H-pyrrole nitrogens is 1.